The number of nitrogens with zero attached hydrogens (tertiary/aromatic N) is 2. The number of para-hydroxylation sites is 1. The lowest BCUT2D eigenvalue weighted by Gasteiger charge is -2.11. The highest BCUT2D eigenvalue weighted by Gasteiger charge is 2.18. The van der Waals surface area contributed by atoms with E-state index < -0.39 is 10.0 Å². The van der Waals surface area contributed by atoms with E-state index in [1.165, 1.54) is 12.5 Å². The molecule has 1 atom stereocenters. The van der Waals surface area contributed by atoms with Crippen molar-refractivity contribution in [2.24, 2.45) is 5.73 Å². The Morgan fingerprint density at radius 3 is 2.50 bits per heavy atom. The smallest absolute Gasteiger partial charge is 0.268 e. The second-order valence-electron chi connectivity index (χ2n) is 6.10. The third kappa shape index (κ3) is 4.30. The first-order valence-corrected chi connectivity index (χ1v) is 9.68. The van der Waals surface area contributed by atoms with Crippen LogP contribution in [0.15, 0.2) is 72.0 Å². The molecule has 2 aromatic carbocycles. The zero-order chi connectivity index (χ0) is 18.6. The van der Waals surface area contributed by atoms with E-state index in [-0.39, 0.29) is 10.9 Å². The Balaban J connectivity index is 1.64. The van der Waals surface area contributed by atoms with Crippen molar-refractivity contribution in [3.8, 4) is 5.75 Å². The van der Waals surface area contributed by atoms with Gasteiger partial charge in [-0.3, -0.25) is 0 Å². The lowest BCUT2D eigenvalue weighted by molar-refractivity contribution is 0.287. The van der Waals surface area contributed by atoms with Gasteiger partial charge in [0, 0.05) is 18.7 Å². The van der Waals surface area contributed by atoms with Crippen molar-refractivity contribution in [2.75, 3.05) is 6.61 Å². The largest absolute Gasteiger partial charge is 0.492 e. The summed E-state index contributed by atoms with van der Waals surface area (Å²) >= 11 is 0. The van der Waals surface area contributed by atoms with Crippen LogP contribution in [0.2, 0.25) is 0 Å². The third-order valence-electron chi connectivity index (χ3n) is 3.89. The summed E-state index contributed by atoms with van der Waals surface area (Å²) in [5.41, 5.74) is 7.68. The highest BCUT2D eigenvalue weighted by atomic mass is 32.2. The van der Waals surface area contributed by atoms with Crippen molar-refractivity contribution in [3.63, 3.8) is 0 Å². The van der Waals surface area contributed by atoms with Crippen LogP contribution in [0.4, 0.5) is 0 Å². The molecule has 0 aliphatic heterocycles. The van der Waals surface area contributed by atoms with Crippen LogP contribution in [-0.4, -0.2) is 30.0 Å². The number of hydrogen-bond acceptors (Lipinski definition) is 5. The fourth-order valence-electron chi connectivity index (χ4n) is 2.46. The van der Waals surface area contributed by atoms with E-state index in [2.05, 4.69) is 4.98 Å². The molecular formula is C19H21N3O3S. The molecule has 0 unspecified atom stereocenters. The van der Waals surface area contributed by atoms with Crippen LogP contribution >= 0.6 is 0 Å². The summed E-state index contributed by atoms with van der Waals surface area (Å²) in [7, 11) is -3.64. The molecule has 0 amide bonds. The predicted octanol–water partition coefficient (Wildman–Crippen LogP) is 2.38. The predicted molar refractivity (Wildman–Crippen MR) is 99.6 cm³/mol. The van der Waals surface area contributed by atoms with Crippen LogP contribution in [0, 0.1) is 6.92 Å². The summed E-state index contributed by atoms with van der Waals surface area (Å²) < 4.78 is 32.0. The van der Waals surface area contributed by atoms with E-state index >= 15 is 0 Å². The summed E-state index contributed by atoms with van der Waals surface area (Å²) in [4.78, 5) is 4.39. The van der Waals surface area contributed by atoms with Crippen LogP contribution in [0.1, 0.15) is 11.3 Å². The number of hydrogen-bond donors (Lipinski definition) is 1. The van der Waals surface area contributed by atoms with Crippen LogP contribution in [0.25, 0.3) is 0 Å². The minimum Gasteiger partial charge on any atom is -0.492 e. The summed E-state index contributed by atoms with van der Waals surface area (Å²) in [6.07, 6.45) is 3.22. The van der Waals surface area contributed by atoms with Gasteiger partial charge in [0.15, 0.2) is 0 Å². The van der Waals surface area contributed by atoms with E-state index in [4.69, 9.17) is 10.5 Å². The average Bonchev–Trinajstić information content (AvgIpc) is 3.10. The molecule has 3 rings (SSSR count). The topological polar surface area (TPSA) is 87.2 Å². The van der Waals surface area contributed by atoms with Gasteiger partial charge in [0.25, 0.3) is 10.0 Å². The van der Waals surface area contributed by atoms with Crippen LogP contribution in [0.3, 0.4) is 0 Å². The molecule has 0 spiro atoms. The summed E-state index contributed by atoms with van der Waals surface area (Å²) in [6, 6.07) is 15.8. The van der Waals surface area contributed by atoms with E-state index in [0.717, 1.165) is 15.3 Å². The van der Waals surface area contributed by atoms with E-state index in [0.29, 0.717) is 18.7 Å². The number of aryl methyl sites for hydroxylation is 1. The molecule has 7 heteroatoms. The molecule has 2 N–H and O–H groups in total. The zero-order valence-electron chi connectivity index (χ0n) is 14.4. The normalized spacial score (nSPS) is 12.7. The quantitative estimate of drug-likeness (QED) is 0.689. The molecule has 1 heterocycles. The third-order valence-corrected chi connectivity index (χ3v) is 5.51. The maximum absolute atomic E-state index is 12.6. The molecule has 0 fully saturated rings. The number of benzene rings is 2. The van der Waals surface area contributed by atoms with Crippen molar-refractivity contribution >= 4 is 10.0 Å². The highest BCUT2D eigenvalue weighted by Crippen LogP contribution is 2.15. The van der Waals surface area contributed by atoms with Gasteiger partial charge < -0.3 is 10.5 Å². The summed E-state index contributed by atoms with van der Waals surface area (Å²) in [5, 5.41) is 0. The maximum Gasteiger partial charge on any atom is 0.268 e. The Morgan fingerprint density at radius 1 is 1.12 bits per heavy atom. The SMILES string of the molecule is Cc1ccc(S(=O)(=O)n2cnc(C[C@H](N)COc3ccccc3)c2)cc1. The van der Waals surface area contributed by atoms with Crippen molar-refractivity contribution < 1.29 is 13.2 Å². The Kier molecular flexibility index (Phi) is 5.39. The van der Waals surface area contributed by atoms with Crippen molar-refractivity contribution in [3.05, 3.63) is 78.4 Å². The van der Waals surface area contributed by atoms with Gasteiger partial charge in [0.1, 0.15) is 18.7 Å². The molecule has 1 aromatic heterocycles. The number of nitrogens with two attached hydrogens (primary N) is 1. The fraction of sp³-hybridized carbons (Fsp3) is 0.211. The molecule has 26 heavy (non-hydrogen) atoms. The number of aromatic nitrogens is 2. The minimum absolute atomic E-state index is 0.226. The Bertz CT molecular complexity index is 951. The molecule has 0 aliphatic carbocycles. The van der Waals surface area contributed by atoms with Crippen molar-refractivity contribution in [2.45, 2.75) is 24.3 Å². The van der Waals surface area contributed by atoms with Gasteiger partial charge in [-0.2, -0.15) is 0 Å². The Labute approximate surface area is 153 Å². The summed E-state index contributed by atoms with van der Waals surface area (Å²) in [5.74, 6) is 0.746. The van der Waals surface area contributed by atoms with Gasteiger partial charge in [-0.05, 0) is 31.2 Å². The molecule has 0 aliphatic rings. The first-order valence-electron chi connectivity index (χ1n) is 8.24. The van der Waals surface area contributed by atoms with Gasteiger partial charge in [-0.15, -0.1) is 0 Å². The molecule has 0 radical (unpaired) electrons. The van der Waals surface area contributed by atoms with Crippen molar-refractivity contribution in [1.82, 2.24) is 8.96 Å². The van der Waals surface area contributed by atoms with Gasteiger partial charge in [0.2, 0.25) is 0 Å². The lowest BCUT2D eigenvalue weighted by Crippen LogP contribution is -2.30. The van der Waals surface area contributed by atoms with Crippen LogP contribution in [0.5, 0.6) is 5.75 Å². The molecule has 6 nitrogen and oxygen atoms in total. The van der Waals surface area contributed by atoms with E-state index in [9.17, 15) is 8.42 Å². The van der Waals surface area contributed by atoms with Crippen LogP contribution < -0.4 is 10.5 Å². The maximum atomic E-state index is 12.6. The highest BCUT2D eigenvalue weighted by molar-refractivity contribution is 7.90. The molecule has 0 saturated heterocycles. The molecule has 0 saturated carbocycles. The number of rotatable bonds is 7. The Morgan fingerprint density at radius 2 is 1.81 bits per heavy atom. The zero-order valence-corrected chi connectivity index (χ0v) is 15.3. The molecule has 136 valence electrons. The second kappa shape index (κ2) is 7.72. The monoisotopic (exact) mass is 371 g/mol. The first kappa shape index (κ1) is 18.2. The lowest BCUT2D eigenvalue weighted by atomic mass is 10.2. The van der Waals surface area contributed by atoms with Gasteiger partial charge in [0.05, 0.1) is 10.6 Å². The molecule has 0 bridgehead atoms. The average molecular weight is 371 g/mol. The number of imidazole rings is 1. The molecular weight excluding hydrogens is 350 g/mol. The Hall–Kier alpha value is -2.64. The fourth-order valence-corrected chi connectivity index (χ4v) is 3.62. The number of ether oxygens (including phenoxy) is 1. The van der Waals surface area contributed by atoms with E-state index in [1.54, 1.807) is 24.3 Å². The minimum atomic E-state index is -3.64. The van der Waals surface area contributed by atoms with Gasteiger partial charge >= 0.3 is 0 Å². The van der Waals surface area contributed by atoms with Crippen molar-refractivity contribution in [1.29, 1.82) is 0 Å². The van der Waals surface area contributed by atoms with Crippen LogP contribution in [-0.2, 0) is 16.4 Å². The summed E-state index contributed by atoms with van der Waals surface area (Å²) in [6.45, 7) is 2.23. The second-order valence-corrected chi connectivity index (χ2v) is 7.94. The van der Waals surface area contributed by atoms with Gasteiger partial charge in [-0.1, -0.05) is 35.9 Å². The van der Waals surface area contributed by atoms with Gasteiger partial charge in [-0.25, -0.2) is 17.4 Å². The molecule has 3 aromatic rings. The standard InChI is InChI=1S/C19H21N3O3S/c1-15-7-9-19(10-8-15)26(23,24)22-12-17(21-14-22)11-16(20)13-25-18-5-3-2-4-6-18/h2-10,12,14,16H,11,13,20H2,1H3/t16-/m0/s1. The first-order chi connectivity index (χ1) is 12.4. The van der Waals surface area contributed by atoms with E-state index in [1.807, 2.05) is 37.3 Å².